The van der Waals surface area contributed by atoms with E-state index in [-0.39, 0.29) is 49.5 Å². The van der Waals surface area contributed by atoms with Crippen LogP contribution in [0.3, 0.4) is 0 Å². The minimum absolute atomic E-state index is 0. The molecule has 0 saturated heterocycles. The minimum Gasteiger partial charge on any atom is -0.493 e. The van der Waals surface area contributed by atoms with E-state index in [2.05, 4.69) is 12.1 Å². The average molecular weight is 345 g/mol. The van der Waals surface area contributed by atoms with Crippen molar-refractivity contribution < 1.29 is 54.9 Å². The van der Waals surface area contributed by atoms with Crippen molar-refractivity contribution in [3.05, 3.63) is 60.7 Å². The molecule has 0 aliphatic carbocycles. The second-order valence-corrected chi connectivity index (χ2v) is 3.56. The van der Waals surface area contributed by atoms with Crippen molar-refractivity contribution in [2.24, 2.45) is 0 Å². The Morgan fingerprint density at radius 1 is 0.773 bits per heavy atom. The average Bonchev–Trinajstić information content (AvgIpc) is 2.53. The molecule has 4 nitrogen and oxygen atoms in total. The van der Waals surface area contributed by atoms with E-state index < -0.39 is 0 Å². The summed E-state index contributed by atoms with van der Waals surface area (Å²) in [6.45, 7) is 0.557. The van der Waals surface area contributed by atoms with Crippen molar-refractivity contribution in [2.45, 2.75) is 0 Å². The maximum absolute atomic E-state index is 5.08. The number of hydrogen-bond donors (Lipinski definition) is 0. The molecule has 0 aliphatic heterocycles. The first kappa shape index (κ1) is 23.3. The fourth-order valence-electron chi connectivity index (χ4n) is 1.18. The summed E-state index contributed by atoms with van der Waals surface area (Å²) < 4.78 is 19.6. The smallest absolute Gasteiger partial charge is 0.493 e. The molecule has 0 bridgehead atoms. The van der Waals surface area contributed by atoms with E-state index in [1.807, 2.05) is 36.4 Å². The Hall–Kier alpha value is -0.923. The third-order valence-electron chi connectivity index (χ3n) is 2.03. The Bertz CT molecular complexity index is 399. The van der Waals surface area contributed by atoms with Gasteiger partial charge in [-0.3, -0.25) is 0 Å². The number of ether oxygens (including phenoxy) is 4. The molecule has 0 fully saturated rings. The molecule has 0 spiro atoms. The van der Waals surface area contributed by atoms with Crippen LogP contribution < -0.4 is 28.3 Å². The van der Waals surface area contributed by atoms with Gasteiger partial charge in [0.05, 0.1) is 0 Å². The van der Waals surface area contributed by atoms with E-state index in [0.29, 0.717) is 11.5 Å². The van der Waals surface area contributed by atoms with Crippen LogP contribution in [0.1, 0.15) is 0 Å². The van der Waals surface area contributed by atoms with Crippen LogP contribution >= 0.6 is 0 Å². The first-order valence-electron chi connectivity index (χ1n) is 6.03. The van der Waals surface area contributed by atoms with Gasteiger partial charge in [-0.05, 0) is 0 Å². The second-order valence-electron chi connectivity index (χ2n) is 3.56. The van der Waals surface area contributed by atoms with E-state index >= 15 is 0 Å². The van der Waals surface area contributed by atoms with Gasteiger partial charge in [-0.1, -0.05) is 0 Å². The van der Waals surface area contributed by atoms with Gasteiger partial charge in [0.15, 0.2) is 13.6 Å². The van der Waals surface area contributed by atoms with Crippen LogP contribution in [0.5, 0.6) is 11.5 Å². The summed E-state index contributed by atoms with van der Waals surface area (Å²) in [4.78, 5) is 0. The number of rotatable bonds is 6. The molecule has 0 saturated carbocycles. The maximum atomic E-state index is 5.08. The Morgan fingerprint density at radius 3 is 1.45 bits per heavy atom. The molecule has 6 heteroatoms. The van der Waals surface area contributed by atoms with Gasteiger partial charge in [0.25, 0.3) is 0 Å². The summed E-state index contributed by atoms with van der Waals surface area (Å²) in [6.07, 6.45) is 0. The van der Waals surface area contributed by atoms with E-state index in [1.54, 1.807) is 26.4 Å². The zero-order chi connectivity index (χ0) is 14.5. The predicted octanol–water partition coefficient (Wildman–Crippen LogP) is -0.0595. The van der Waals surface area contributed by atoms with Gasteiger partial charge in [0.1, 0.15) is 0 Å². The molecule has 0 aromatic heterocycles. The molecule has 0 amide bonds. The Morgan fingerprint density at radius 2 is 1.18 bits per heavy atom. The van der Waals surface area contributed by atoms with E-state index in [9.17, 15) is 0 Å². The fourth-order valence-corrected chi connectivity index (χ4v) is 1.18. The van der Waals surface area contributed by atoms with Crippen molar-refractivity contribution in [3.8, 4) is 11.5 Å². The van der Waals surface area contributed by atoms with Crippen LogP contribution in [-0.2, 0) is 26.5 Å². The summed E-state index contributed by atoms with van der Waals surface area (Å²) in [6, 6.07) is 20.6. The van der Waals surface area contributed by atoms with Crippen LogP contribution in [0.4, 0.5) is 0 Å². The van der Waals surface area contributed by atoms with E-state index in [4.69, 9.17) is 18.9 Å². The molecule has 0 aliphatic rings. The Labute approximate surface area is 154 Å². The van der Waals surface area contributed by atoms with E-state index in [0.717, 1.165) is 0 Å². The molecular formula is C16H18CuLiO4. The summed E-state index contributed by atoms with van der Waals surface area (Å²) in [5.74, 6) is 1.42. The molecule has 0 unspecified atom stereocenters. The van der Waals surface area contributed by atoms with Crippen molar-refractivity contribution in [3.63, 3.8) is 0 Å². The maximum Gasteiger partial charge on any atom is 1.00 e. The van der Waals surface area contributed by atoms with Gasteiger partial charge in [-0.2, -0.15) is 36.4 Å². The molecule has 0 radical (unpaired) electrons. The van der Waals surface area contributed by atoms with Crippen molar-refractivity contribution in [2.75, 3.05) is 27.8 Å². The quantitative estimate of drug-likeness (QED) is 0.418. The molecule has 2 rings (SSSR count). The van der Waals surface area contributed by atoms with Crippen molar-refractivity contribution in [1.82, 2.24) is 0 Å². The molecule has 118 valence electrons. The zero-order valence-electron chi connectivity index (χ0n) is 13.0. The summed E-state index contributed by atoms with van der Waals surface area (Å²) in [5, 5.41) is 0. The topological polar surface area (TPSA) is 36.9 Å². The fraction of sp³-hybridized carbons (Fsp3) is 0.250. The normalized spacial score (nSPS) is 8.45. The van der Waals surface area contributed by atoms with Gasteiger partial charge in [-0.25, -0.2) is 0 Å². The predicted molar refractivity (Wildman–Crippen MR) is 75.6 cm³/mol. The summed E-state index contributed by atoms with van der Waals surface area (Å²) >= 11 is 0. The monoisotopic (exact) mass is 344 g/mol. The van der Waals surface area contributed by atoms with Gasteiger partial charge < -0.3 is 18.9 Å². The Kier molecular flexibility index (Phi) is 17.5. The summed E-state index contributed by atoms with van der Waals surface area (Å²) in [7, 11) is 3.17. The SMILES string of the molecule is COCOc1[c-]cccc1.COCOc1[c-]cccc1.[Cu+].[Li+]. The van der Waals surface area contributed by atoms with Crippen LogP contribution in [0.15, 0.2) is 48.5 Å². The van der Waals surface area contributed by atoms with Crippen molar-refractivity contribution in [1.29, 1.82) is 0 Å². The molecule has 0 atom stereocenters. The van der Waals surface area contributed by atoms with Crippen LogP contribution in [-0.4, -0.2) is 27.8 Å². The first-order chi connectivity index (χ1) is 9.86. The standard InChI is InChI=1S/2C8H9O2.Cu.Li/c2*1-9-7-10-8-5-3-2-4-6-8;;/h2*2-5H,7H2,1H3;;/q2*-1;2*+1. The van der Waals surface area contributed by atoms with Gasteiger partial charge >= 0.3 is 35.9 Å². The van der Waals surface area contributed by atoms with E-state index in [1.165, 1.54) is 0 Å². The largest absolute Gasteiger partial charge is 1.00 e. The van der Waals surface area contributed by atoms with Gasteiger partial charge in [-0.15, -0.1) is 24.3 Å². The van der Waals surface area contributed by atoms with Crippen LogP contribution in [0.25, 0.3) is 0 Å². The van der Waals surface area contributed by atoms with Crippen LogP contribution in [0, 0.1) is 12.1 Å². The molecular weight excluding hydrogens is 327 g/mol. The molecule has 0 heterocycles. The molecule has 0 N–H and O–H groups in total. The van der Waals surface area contributed by atoms with Crippen LogP contribution in [0.2, 0.25) is 0 Å². The van der Waals surface area contributed by atoms with Gasteiger partial charge in [0.2, 0.25) is 0 Å². The number of para-hydroxylation sites is 2. The number of benzene rings is 2. The first-order valence-corrected chi connectivity index (χ1v) is 6.03. The number of hydrogen-bond acceptors (Lipinski definition) is 4. The third-order valence-corrected chi connectivity index (χ3v) is 2.03. The zero-order valence-corrected chi connectivity index (χ0v) is 13.9. The molecule has 2 aromatic carbocycles. The minimum atomic E-state index is 0. The third kappa shape index (κ3) is 11.7. The second kappa shape index (κ2) is 16.4. The molecule has 22 heavy (non-hydrogen) atoms. The number of methoxy groups -OCH3 is 2. The van der Waals surface area contributed by atoms with Crippen molar-refractivity contribution >= 4 is 0 Å². The summed E-state index contributed by atoms with van der Waals surface area (Å²) in [5.41, 5.74) is 0. The van der Waals surface area contributed by atoms with Gasteiger partial charge in [0, 0.05) is 25.7 Å². The molecule has 2 aromatic rings. The Balaban J connectivity index is 0.